The molecule has 0 atom stereocenters. The molecule has 7 heteroatoms. The van der Waals surface area contributed by atoms with Gasteiger partial charge in [0, 0.05) is 36.8 Å². The van der Waals surface area contributed by atoms with Gasteiger partial charge in [0.1, 0.15) is 5.82 Å². The maximum atomic E-state index is 14.3. The first-order valence-corrected chi connectivity index (χ1v) is 11.4. The Labute approximate surface area is 188 Å². The van der Waals surface area contributed by atoms with Gasteiger partial charge in [-0.15, -0.1) is 0 Å². The lowest BCUT2D eigenvalue weighted by molar-refractivity contribution is -0.120. The van der Waals surface area contributed by atoms with Crippen molar-refractivity contribution in [3.05, 3.63) is 59.4 Å². The number of ether oxygens (including phenoxy) is 1. The molecule has 4 rings (SSSR count). The molecule has 1 saturated heterocycles. The number of anilines is 2. The molecule has 1 aliphatic heterocycles. The number of hydrogen-bond donors (Lipinski definition) is 2. The predicted octanol–water partition coefficient (Wildman–Crippen LogP) is 4.43. The van der Waals surface area contributed by atoms with E-state index in [1.54, 1.807) is 6.07 Å². The highest BCUT2D eigenvalue weighted by atomic mass is 19.1. The standard InChI is InChI=1S/C25H30FN3O3/c26-22-10-9-21(16-23(22)28-24(30)19-6-2-1-3-7-19)27-25(31)20-8-4-5-18(15-20)17-29-11-13-32-14-12-29/h4-5,8-10,15-16,19H,1-3,6-7,11-14,17H2,(H,27,31)(H,28,30). The summed E-state index contributed by atoms with van der Waals surface area (Å²) in [5, 5.41) is 5.53. The maximum absolute atomic E-state index is 14.3. The van der Waals surface area contributed by atoms with Crippen LogP contribution in [0.1, 0.15) is 48.0 Å². The monoisotopic (exact) mass is 439 g/mol. The zero-order valence-corrected chi connectivity index (χ0v) is 18.2. The Morgan fingerprint density at radius 2 is 1.78 bits per heavy atom. The number of carbonyl (C=O) groups excluding carboxylic acids is 2. The fraction of sp³-hybridized carbons (Fsp3) is 0.440. The number of amides is 2. The van der Waals surface area contributed by atoms with Crippen LogP contribution in [0.4, 0.5) is 15.8 Å². The highest BCUT2D eigenvalue weighted by molar-refractivity contribution is 6.04. The average Bonchev–Trinajstić information content (AvgIpc) is 2.82. The van der Waals surface area contributed by atoms with Crippen molar-refractivity contribution in [2.75, 3.05) is 36.9 Å². The number of halogens is 1. The van der Waals surface area contributed by atoms with E-state index in [1.807, 2.05) is 18.2 Å². The van der Waals surface area contributed by atoms with Gasteiger partial charge in [0.15, 0.2) is 0 Å². The Morgan fingerprint density at radius 3 is 2.56 bits per heavy atom. The molecule has 2 aromatic rings. The molecule has 1 heterocycles. The first-order chi connectivity index (χ1) is 15.6. The molecule has 0 unspecified atom stereocenters. The van der Waals surface area contributed by atoms with Crippen LogP contribution in [-0.4, -0.2) is 43.0 Å². The smallest absolute Gasteiger partial charge is 0.255 e. The van der Waals surface area contributed by atoms with Crippen LogP contribution < -0.4 is 10.6 Å². The van der Waals surface area contributed by atoms with E-state index in [0.717, 1.165) is 70.5 Å². The normalized spacial score (nSPS) is 17.7. The summed E-state index contributed by atoms with van der Waals surface area (Å²) in [6, 6.07) is 11.7. The van der Waals surface area contributed by atoms with E-state index >= 15 is 0 Å². The molecule has 170 valence electrons. The van der Waals surface area contributed by atoms with E-state index in [9.17, 15) is 14.0 Å². The van der Waals surface area contributed by atoms with Crippen molar-refractivity contribution in [1.29, 1.82) is 0 Å². The molecule has 2 N–H and O–H groups in total. The van der Waals surface area contributed by atoms with Gasteiger partial charge in [-0.25, -0.2) is 4.39 Å². The SMILES string of the molecule is O=C(Nc1ccc(F)c(NC(=O)C2CCCCC2)c1)c1cccc(CN2CCOCC2)c1. The number of rotatable bonds is 6. The third kappa shape index (κ3) is 5.93. The van der Waals surface area contributed by atoms with Crippen molar-refractivity contribution in [3.8, 4) is 0 Å². The van der Waals surface area contributed by atoms with E-state index in [-0.39, 0.29) is 23.4 Å². The summed E-state index contributed by atoms with van der Waals surface area (Å²) in [5.74, 6) is -1.01. The molecule has 1 aliphatic carbocycles. The minimum atomic E-state index is -0.514. The zero-order valence-electron chi connectivity index (χ0n) is 18.2. The summed E-state index contributed by atoms with van der Waals surface area (Å²) < 4.78 is 19.7. The summed E-state index contributed by atoms with van der Waals surface area (Å²) in [4.78, 5) is 27.6. The van der Waals surface area contributed by atoms with Crippen LogP contribution in [0.3, 0.4) is 0 Å². The van der Waals surface area contributed by atoms with Gasteiger partial charge >= 0.3 is 0 Å². The Hall–Kier alpha value is -2.77. The van der Waals surface area contributed by atoms with Crippen LogP contribution in [0.2, 0.25) is 0 Å². The van der Waals surface area contributed by atoms with Crippen molar-refractivity contribution >= 4 is 23.2 Å². The zero-order chi connectivity index (χ0) is 22.3. The molecule has 0 spiro atoms. The summed E-state index contributed by atoms with van der Waals surface area (Å²) in [6.07, 6.45) is 4.88. The fourth-order valence-electron chi connectivity index (χ4n) is 4.33. The molecular weight excluding hydrogens is 409 g/mol. The lowest BCUT2D eigenvalue weighted by Crippen LogP contribution is -2.35. The Balaban J connectivity index is 1.40. The van der Waals surface area contributed by atoms with E-state index < -0.39 is 5.82 Å². The lowest BCUT2D eigenvalue weighted by Gasteiger charge is -2.26. The number of hydrogen-bond acceptors (Lipinski definition) is 4. The number of nitrogens with one attached hydrogen (secondary N) is 2. The van der Waals surface area contributed by atoms with Gasteiger partial charge in [0.25, 0.3) is 5.91 Å². The third-order valence-corrected chi connectivity index (χ3v) is 6.16. The van der Waals surface area contributed by atoms with Gasteiger partial charge in [0.05, 0.1) is 18.9 Å². The Kier molecular flexibility index (Phi) is 7.50. The van der Waals surface area contributed by atoms with Crippen molar-refractivity contribution in [2.45, 2.75) is 38.6 Å². The number of benzene rings is 2. The van der Waals surface area contributed by atoms with Gasteiger partial charge in [-0.2, -0.15) is 0 Å². The van der Waals surface area contributed by atoms with Crippen molar-refractivity contribution < 1.29 is 18.7 Å². The van der Waals surface area contributed by atoms with Gasteiger partial charge < -0.3 is 15.4 Å². The van der Waals surface area contributed by atoms with Crippen molar-refractivity contribution in [2.24, 2.45) is 5.92 Å². The first-order valence-electron chi connectivity index (χ1n) is 11.4. The predicted molar refractivity (Wildman–Crippen MR) is 122 cm³/mol. The summed E-state index contributed by atoms with van der Waals surface area (Å²) in [6.45, 7) is 3.97. The molecule has 2 amide bonds. The van der Waals surface area contributed by atoms with Crippen LogP contribution in [0.5, 0.6) is 0 Å². The van der Waals surface area contributed by atoms with Gasteiger partial charge in [-0.3, -0.25) is 14.5 Å². The largest absolute Gasteiger partial charge is 0.379 e. The van der Waals surface area contributed by atoms with Crippen LogP contribution in [0, 0.1) is 11.7 Å². The molecule has 2 fully saturated rings. The van der Waals surface area contributed by atoms with Gasteiger partial charge in [0.2, 0.25) is 5.91 Å². The average molecular weight is 440 g/mol. The van der Waals surface area contributed by atoms with Crippen molar-refractivity contribution in [1.82, 2.24) is 4.90 Å². The highest BCUT2D eigenvalue weighted by Crippen LogP contribution is 2.27. The molecule has 0 aromatic heterocycles. The lowest BCUT2D eigenvalue weighted by atomic mass is 9.88. The minimum Gasteiger partial charge on any atom is -0.379 e. The van der Waals surface area contributed by atoms with E-state index in [0.29, 0.717) is 11.3 Å². The molecule has 1 saturated carbocycles. The molecule has 2 aliphatic rings. The van der Waals surface area contributed by atoms with Crippen LogP contribution in [0.25, 0.3) is 0 Å². The topological polar surface area (TPSA) is 70.7 Å². The summed E-state index contributed by atoms with van der Waals surface area (Å²) in [7, 11) is 0. The minimum absolute atomic E-state index is 0.0735. The quantitative estimate of drug-likeness (QED) is 0.699. The second kappa shape index (κ2) is 10.7. The number of carbonyl (C=O) groups is 2. The molecule has 6 nitrogen and oxygen atoms in total. The molecule has 0 bridgehead atoms. The Bertz CT molecular complexity index is 953. The van der Waals surface area contributed by atoms with Crippen LogP contribution >= 0.6 is 0 Å². The highest BCUT2D eigenvalue weighted by Gasteiger charge is 2.22. The van der Waals surface area contributed by atoms with E-state index in [2.05, 4.69) is 15.5 Å². The fourth-order valence-corrected chi connectivity index (χ4v) is 4.33. The number of morpholine rings is 1. The maximum Gasteiger partial charge on any atom is 0.255 e. The second-order valence-electron chi connectivity index (χ2n) is 8.56. The summed E-state index contributed by atoms with van der Waals surface area (Å²) >= 11 is 0. The number of nitrogens with zero attached hydrogens (tertiary/aromatic N) is 1. The van der Waals surface area contributed by atoms with Crippen LogP contribution in [0.15, 0.2) is 42.5 Å². The van der Waals surface area contributed by atoms with E-state index in [1.165, 1.54) is 18.2 Å². The molecule has 0 radical (unpaired) electrons. The molecular formula is C25H30FN3O3. The second-order valence-corrected chi connectivity index (χ2v) is 8.56. The van der Waals surface area contributed by atoms with Crippen LogP contribution in [-0.2, 0) is 16.1 Å². The van der Waals surface area contributed by atoms with E-state index in [4.69, 9.17) is 4.74 Å². The molecule has 32 heavy (non-hydrogen) atoms. The molecule has 2 aromatic carbocycles. The van der Waals surface area contributed by atoms with Gasteiger partial charge in [-0.05, 0) is 48.7 Å². The first kappa shape index (κ1) is 22.4. The Morgan fingerprint density at radius 1 is 1.00 bits per heavy atom. The van der Waals surface area contributed by atoms with Gasteiger partial charge in [-0.1, -0.05) is 31.4 Å². The third-order valence-electron chi connectivity index (χ3n) is 6.16. The van der Waals surface area contributed by atoms with Crippen molar-refractivity contribution in [3.63, 3.8) is 0 Å². The summed E-state index contributed by atoms with van der Waals surface area (Å²) in [5.41, 5.74) is 2.13.